The zero-order valence-electron chi connectivity index (χ0n) is 9.51. The summed E-state index contributed by atoms with van der Waals surface area (Å²) in [4.78, 5) is 25.9. The van der Waals surface area contributed by atoms with E-state index >= 15 is 0 Å². The number of aryl methyl sites for hydroxylation is 1. The van der Waals surface area contributed by atoms with Crippen LogP contribution >= 0.6 is 0 Å². The average Bonchev–Trinajstić information content (AvgIpc) is 2.75. The molecule has 0 bridgehead atoms. The fraction of sp³-hybridized carbons (Fsp3) is 0.0909. The van der Waals surface area contributed by atoms with Gasteiger partial charge < -0.3 is 10.5 Å². The number of carbonyl (C=O) groups excluding carboxylic acids is 2. The summed E-state index contributed by atoms with van der Waals surface area (Å²) < 4.78 is 4.24. The minimum atomic E-state index is -1.16. The highest BCUT2D eigenvalue weighted by molar-refractivity contribution is 5.94. The molecule has 0 saturated carbocycles. The lowest BCUT2D eigenvalue weighted by atomic mass is 10.2. The number of esters is 1. The van der Waals surface area contributed by atoms with E-state index in [1.54, 1.807) is 18.2 Å². The van der Waals surface area contributed by atoms with Crippen molar-refractivity contribution in [1.82, 2.24) is 15.2 Å². The number of H-pyrrole nitrogens is 1. The van der Waals surface area contributed by atoms with Gasteiger partial charge >= 0.3 is 12.1 Å². The smallest absolute Gasteiger partial charge is 0.372 e. The first kappa shape index (κ1) is 11.8. The molecule has 0 atom stereocenters. The summed E-state index contributed by atoms with van der Waals surface area (Å²) in [7, 11) is 0. The van der Waals surface area contributed by atoms with E-state index in [1.165, 1.54) is 6.07 Å². The van der Waals surface area contributed by atoms with E-state index in [0.717, 1.165) is 5.69 Å². The van der Waals surface area contributed by atoms with Gasteiger partial charge in [-0.1, -0.05) is 6.07 Å². The molecule has 2 aromatic rings. The summed E-state index contributed by atoms with van der Waals surface area (Å²) in [5.41, 5.74) is 6.72. The molecule has 0 saturated heterocycles. The first-order chi connectivity index (χ1) is 8.56. The Morgan fingerprint density at radius 2 is 2.11 bits per heavy atom. The summed E-state index contributed by atoms with van der Waals surface area (Å²) in [6.45, 7) is 1.85. The number of hydrogen-bond acceptors (Lipinski definition) is 5. The molecule has 0 fully saturated rings. The maximum Gasteiger partial charge on any atom is 0.412 e. The number of nitrogens with zero attached hydrogens (tertiary/aromatic N) is 2. The Kier molecular flexibility index (Phi) is 3.05. The first-order valence-corrected chi connectivity index (χ1v) is 5.07. The SMILES string of the molecule is Cc1cc(-c2cccc(C(=O)OC(N)=O)n2)n[nH]1. The third kappa shape index (κ3) is 2.51. The third-order valence-electron chi connectivity index (χ3n) is 2.12. The molecule has 7 heteroatoms. The van der Waals surface area contributed by atoms with Crippen LogP contribution in [0.4, 0.5) is 4.79 Å². The fourth-order valence-corrected chi connectivity index (χ4v) is 1.38. The summed E-state index contributed by atoms with van der Waals surface area (Å²) in [6, 6.07) is 6.51. The molecule has 2 heterocycles. The Bertz CT molecular complexity index is 606. The zero-order valence-corrected chi connectivity index (χ0v) is 9.51. The van der Waals surface area contributed by atoms with Crippen molar-refractivity contribution in [3.63, 3.8) is 0 Å². The number of amides is 1. The molecule has 0 aliphatic heterocycles. The molecule has 0 aromatic carbocycles. The Morgan fingerprint density at radius 3 is 2.72 bits per heavy atom. The molecule has 2 rings (SSSR count). The number of pyridine rings is 1. The van der Waals surface area contributed by atoms with Gasteiger partial charge in [0, 0.05) is 5.69 Å². The van der Waals surface area contributed by atoms with Crippen LogP contribution in [-0.4, -0.2) is 27.2 Å². The van der Waals surface area contributed by atoms with E-state index in [1.807, 2.05) is 6.92 Å². The van der Waals surface area contributed by atoms with E-state index in [-0.39, 0.29) is 5.69 Å². The predicted octanol–water partition coefficient (Wildman–Crippen LogP) is 1.02. The lowest BCUT2D eigenvalue weighted by Crippen LogP contribution is -2.19. The molecule has 0 spiro atoms. The van der Waals surface area contributed by atoms with Crippen molar-refractivity contribution < 1.29 is 14.3 Å². The van der Waals surface area contributed by atoms with Gasteiger partial charge in [0.1, 0.15) is 11.4 Å². The van der Waals surface area contributed by atoms with Gasteiger partial charge in [0.2, 0.25) is 0 Å². The number of nitrogens with one attached hydrogen (secondary N) is 1. The number of nitrogens with two attached hydrogens (primary N) is 1. The maximum absolute atomic E-state index is 11.4. The largest absolute Gasteiger partial charge is 0.412 e. The van der Waals surface area contributed by atoms with Gasteiger partial charge in [-0.05, 0) is 25.1 Å². The molecule has 92 valence electrons. The Labute approximate surface area is 102 Å². The van der Waals surface area contributed by atoms with Crippen molar-refractivity contribution in [3.05, 3.63) is 35.7 Å². The molecule has 0 aliphatic carbocycles. The van der Waals surface area contributed by atoms with Gasteiger partial charge in [-0.15, -0.1) is 0 Å². The molecule has 0 aliphatic rings. The second-order valence-electron chi connectivity index (χ2n) is 3.55. The van der Waals surface area contributed by atoms with E-state index in [2.05, 4.69) is 19.9 Å². The Morgan fingerprint density at radius 1 is 1.33 bits per heavy atom. The van der Waals surface area contributed by atoms with Gasteiger partial charge in [0.05, 0.1) is 5.69 Å². The molecule has 18 heavy (non-hydrogen) atoms. The van der Waals surface area contributed by atoms with Crippen molar-refractivity contribution in [2.45, 2.75) is 6.92 Å². The summed E-state index contributed by atoms with van der Waals surface area (Å²) in [5, 5.41) is 6.78. The van der Waals surface area contributed by atoms with Crippen LogP contribution in [-0.2, 0) is 4.74 Å². The van der Waals surface area contributed by atoms with Crippen LogP contribution in [0.3, 0.4) is 0 Å². The van der Waals surface area contributed by atoms with Crippen molar-refractivity contribution in [2.75, 3.05) is 0 Å². The predicted molar refractivity (Wildman–Crippen MR) is 61.6 cm³/mol. The van der Waals surface area contributed by atoms with Crippen molar-refractivity contribution >= 4 is 12.1 Å². The standard InChI is InChI=1S/C11H10N4O3/c1-6-5-9(15-14-6)7-3-2-4-8(13-7)10(16)18-11(12)17/h2-5H,1H3,(H2,12,17)(H,14,15). The Balaban J connectivity index is 2.30. The van der Waals surface area contributed by atoms with Crippen LogP contribution in [0.2, 0.25) is 0 Å². The third-order valence-corrected chi connectivity index (χ3v) is 2.12. The van der Waals surface area contributed by atoms with E-state index in [4.69, 9.17) is 5.73 Å². The first-order valence-electron chi connectivity index (χ1n) is 5.07. The molecular formula is C11H10N4O3. The van der Waals surface area contributed by atoms with Crippen LogP contribution in [0, 0.1) is 6.92 Å². The quantitative estimate of drug-likeness (QED) is 0.606. The average molecular weight is 246 g/mol. The van der Waals surface area contributed by atoms with Crippen LogP contribution < -0.4 is 5.73 Å². The minimum absolute atomic E-state index is 0.00745. The topological polar surface area (TPSA) is 111 Å². The number of hydrogen-bond donors (Lipinski definition) is 2. The summed E-state index contributed by atoms with van der Waals surface area (Å²) in [5.74, 6) is -0.892. The lowest BCUT2D eigenvalue weighted by molar-refractivity contribution is 0.0632. The second kappa shape index (κ2) is 4.66. The molecule has 0 radical (unpaired) electrons. The summed E-state index contributed by atoms with van der Waals surface area (Å²) >= 11 is 0. The molecule has 1 amide bonds. The van der Waals surface area contributed by atoms with Gasteiger partial charge in [0.25, 0.3) is 0 Å². The molecule has 3 N–H and O–H groups in total. The normalized spacial score (nSPS) is 10.1. The van der Waals surface area contributed by atoms with Crippen molar-refractivity contribution in [3.8, 4) is 11.4 Å². The number of rotatable bonds is 2. The summed E-state index contributed by atoms with van der Waals surface area (Å²) in [6.07, 6.45) is -1.16. The highest BCUT2D eigenvalue weighted by atomic mass is 16.6. The van der Waals surface area contributed by atoms with Crippen LogP contribution in [0.15, 0.2) is 24.3 Å². The molecule has 0 unspecified atom stereocenters. The fourth-order valence-electron chi connectivity index (χ4n) is 1.38. The number of ether oxygens (including phenoxy) is 1. The maximum atomic E-state index is 11.4. The lowest BCUT2D eigenvalue weighted by Gasteiger charge is -2.00. The molecular weight excluding hydrogens is 236 g/mol. The van der Waals surface area contributed by atoms with Gasteiger partial charge in [-0.3, -0.25) is 5.10 Å². The second-order valence-corrected chi connectivity index (χ2v) is 3.55. The number of carbonyl (C=O) groups is 2. The van der Waals surface area contributed by atoms with E-state index in [0.29, 0.717) is 11.4 Å². The van der Waals surface area contributed by atoms with Crippen molar-refractivity contribution in [1.29, 1.82) is 0 Å². The highest BCUT2D eigenvalue weighted by Crippen LogP contribution is 2.15. The van der Waals surface area contributed by atoms with Gasteiger partial charge in [0.15, 0.2) is 0 Å². The molecule has 2 aromatic heterocycles. The van der Waals surface area contributed by atoms with E-state index in [9.17, 15) is 9.59 Å². The molecule has 7 nitrogen and oxygen atoms in total. The monoisotopic (exact) mass is 246 g/mol. The van der Waals surface area contributed by atoms with E-state index < -0.39 is 12.1 Å². The van der Waals surface area contributed by atoms with Gasteiger partial charge in [-0.25, -0.2) is 14.6 Å². The number of aromatic amines is 1. The van der Waals surface area contributed by atoms with Crippen molar-refractivity contribution in [2.24, 2.45) is 5.73 Å². The zero-order chi connectivity index (χ0) is 13.1. The Hall–Kier alpha value is -2.70. The minimum Gasteiger partial charge on any atom is -0.372 e. The number of aromatic nitrogens is 3. The van der Waals surface area contributed by atoms with Crippen LogP contribution in [0.1, 0.15) is 16.2 Å². The highest BCUT2D eigenvalue weighted by Gasteiger charge is 2.13. The van der Waals surface area contributed by atoms with Crippen LogP contribution in [0.5, 0.6) is 0 Å². The van der Waals surface area contributed by atoms with Crippen LogP contribution in [0.25, 0.3) is 11.4 Å². The number of primary amides is 1. The van der Waals surface area contributed by atoms with Gasteiger partial charge in [-0.2, -0.15) is 5.10 Å².